The topological polar surface area (TPSA) is 59.2 Å². The second kappa shape index (κ2) is 12.6. The van der Waals surface area contributed by atoms with E-state index in [2.05, 4.69) is 96.7 Å². The van der Waals surface area contributed by atoms with Gasteiger partial charge >= 0.3 is 0 Å². The first-order chi connectivity index (χ1) is 20.1. The molecule has 0 saturated carbocycles. The van der Waals surface area contributed by atoms with Gasteiger partial charge in [0, 0.05) is 36.8 Å². The summed E-state index contributed by atoms with van der Waals surface area (Å²) in [6.07, 6.45) is 0.520. The van der Waals surface area contributed by atoms with Crippen LogP contribution in [0.25, 0.3) is 0 Å². The summed E-state index contributed by atoms with van der Waals surface area (Å²) in [5, 5.41) is 0. The second-order valence-corrected chi connectivity index (χ2v) is 10.5. The minimum absolute atomic E-state index is 0.260. The predicted octanol–water partition coefficient (Wildman–Crippen LogP) is 6.49. The van der Waals surface area contributed by atoms with E-state index >= 15 is 0 Å². The van der Waals surface area contributed by atoms with Crippen molar-refractivity contribution >= 4 is 22.7 Å². The highest BCUT2D eigenvalue weighted by Gasteiger charge is 2.23. The lowest BCUT2D eigenvalue weighted by atomic mass is 10.2. The minimum atomic E-state index is 0.260. The summed E-state index contributed by atoms with van der Waals surface area (Å²) in [5.41, 5.74) is 6.71. The fourth-order valence-corrected chi connectivity index (χ4v) is 4.46. The van der Waals surface area contributed by atoms with Gasteiger partial charge in [-0.2, -0.15) is 0 Å². The van der Waals surface area contributed by atoms with Crippen LogP contribution in [0.2, 0.25) is 0 Å². The van der Waals surface area contributed by atoms with E-state index < -0.39 is 0 Å². The van der Waals surface area contributed by atoms with Gasteiger partial charge in [0.25, 0.3) is 0 Å². The van der Waals surface area contributed by atoms with Crippen LogP contribution in [0.5, 0.6) is 11.5 Å². The van der Waals surface area contributed by atoms with E-state index in [1.807, 2.05) is 24.3 Å². The molecule has 0 bridgehead atoms. The van der Waals surface area contributed by atoms with E-state index in [-0.39, 0.29) is 12.2 Å². The number of hydrogen-bond donors (Lipinski definition) is 0. The third-order valence-electron chi connectivity index (χ3n) is 7.31. The van der Waals surface area contributed by atoms with Gasteiger partial charge in [0.15, 0.2) is 0 Å². The molecule has 0 radical (unpaired) electrons. The Morgan fingerprint density at radius 3 is 1.17 bits per heavy atom. The zero-order chi connectivity index (χ0) is 28.0. The zero-order valence-corrected chi connectivity index (χ0v) is 23.6. The summed E-state index contributed by atoms with van der Waals surface area (Å²) in [5.74, 6) is 1.73. The van der Waals surface area contributed by atoms with E-state index in [1.165, 1.54) is 0 Å². The predicted molar refractivity (Wildman–Crippen MR) is 161 cm³/mol. The van der Waals surface area contributed by atoms with E-state index in [1.54, 1.807) is 0 Å². The van der Waals surface area contributed by atoms with E-state index in [0.29, 0.717) is 26.4 Å². The Labute approximate surface area is 241 Å². The van der Waals surface area contributed by atoms with Crippen molar-refractivity contribution < 1.29 is 23.7 Å². The molecule has 2 atom stereocenters. The lowest BCUT2D eigenvalue weighted by Gasteiger charge is -2.20. The fourth-order valence-electron chi connectivity index (χ4n) is 4.46. The summed E-state index contributed by atoms with van der Waals surface area (Å²) in [4.78, 5) is 4.31. The molecule has 0 aromatic heterocycles. The number of epoxide rings is 2. The molecule has 0 aliphatic carbocycles. The van der Waals surface area contributed by atoms with Crippen molar-refractivity contribution in [1.82, 2.24) is 0 Å². The van der Waals surface area contributed by atoms with Crippen molar-refractivity contribution in [3.63, 3.8) is 0 Å². The summed E-state index contributed by atoms with van der Waals surface area (Å²) in [6.45, 7) is 3.95. The summed E-state index contributed by atoms with van der Waals surface area (Å²) < 4.78 is 27.9. The minimum Gasteiger partial charge on any atom is -0.491 e. The number of ether oxygens (including phenoxy) is 5. The number of benzene rings is 4. The van der Waals surface area contributed by atoms with Gasteiger partial charge in [0.1, 0.15) is 36.9 Å². The highest BCUT2D eigenvalue weighted by molar-refractivity contribution is 5.64. The highest BCUT2D eigenvalue weighted by Crippen LogP contribution is 2.28. The molecule has 2 aliphatic heterocycles. The molecule has 4 aromatic carbocycles. The quantitative estimate of drug-likeness (QED) is 0.166. The fraction of sp³-hybridized carbons (Fsp3) is 0.294. The SMILES string of the molecule is CN(c1ccc(COCc2ccc(N(C)c3ccc(OCC4CO4)cc3)cc2)cc1)c1ccc(OCC2CO2)cc1. The average Bonchev–Trinajstić information content (AvgIpc) is 3.96. The number of nitrogens with zero attached hydrogens (tertiary/aromatic N) is 2. The Morgan fingerprint density at radius 1 is 0.537 bits per heavy atom. The van der Waals surface area contributed by atoms with Crippen LogP contribution in [0.15, 0.2) is 97.1 Å². The molecule has 2 heterocycles. The van der Waals surface area contributed by atoms with Crippen LogP contribution in [-0.4, -0.2) is 52.7 Å². The first kappa shape index (κ1) is 27.1. The average molecular weight is 553 g/mol. The molecule has 2 fully saturated rings. The van der Waals surface area contributed by atoms with Crippen LogP contribution in [0.1, 0.15) is 11.1 Å². The van der Waals surface area contributed by atoms with Crippen LogP contribution in [-0.2, 0) is 27.4 Å². The van der Waals surface area contributed by atoms with Crippen molar-refractivity contribution in [3.8, 4) is 11.5 Å². The molecule has 0 N–H and O–H groups in total. The zero-order valence-electron chi connectivity index (χ0n) is 23.6. The summed E-state index contributed by atoms with van der Waals surface area (Å²) >= 11 is 0. The molecule has 0 amide bonds. The van der Waals surface area contributed by atoms with Crippen LogP contribution in [0.3, 0.4) is 0 Å². The number of rotatable bonds is 14. The van der Waals surface area contributed by atoms with Crippen molar-refractivity contribution in [2.24, 2.45) is 0 Å². The lowest BCUT2D eigenvalue weighted by molar-refractivity contribution is 0.107. The Balaban J connectivity index is 0.952. The second-order valence-electron chi connectivity index (χ2n) is 10.5. The molecule has 6 rings (SSSR count). The lowest BCUT2D eigenvalue weighted by Crippen LogP contribution is -2.10. The summed E-state index contributed by atoms with van der Waals surface area (Å²) in [6, 6.07) is 33.2. The largest absolute Gasteiger partial charge is 0.491 e. The molecular formula is C34H36N2O5. The Kier molecular flexibility index (Phi) is 8.37. The Morgan fingerprint density at radius 2 is 0.854 bits per heavy atom. The molecular weight excluding hydrogens is 516 g/mol. The normalized spacial score (nSPS) is 17.1. The molecule has 212 valence electrons. The third-order valence-corrected chi connectivity index (χ3v) is 7.31. The maximum absolute atomic E-state index is 6.02. The van der Waals surface area contributed by atoms with Crippen LogP contribution in [0.4, 0.5) is 22.7 Å². The molecule has 4 aromatic rings. The van der Waals surface area contributed by atoms with Gasteiger partial charge < -0.3 is 33.5 Å². The van der Waals surface area contributed by atoms with Crippen LogP contribution >= 0.6 is 0 Å². The number of hydrogen-bond acceptors (Lipinski definition) is 7. The number of anilines is 4. The third kappa shape index (κ3) is 7.58. The van der Waals surface area contributed by atoms with E-state index in [0.717, 1.165) is 58.6 Å². The first-order valence-corrected chi connectivity index (χ1v) is 14.0. The standard InChI is InChI=1S/C34H36N2O5/c1-35(29-11-15-31(16-12-29)38-21-33-23-40-33)27-7-3-25(4-8-27)19-37-20-26-5-9-28(10-6-26)36(2)30-13-17-32(18-14-30)39-22-34-24-41-34/h3-18,33-34H,19-24H2,1-2H3. The van der Waals surface area contributed by atoms with Gasteiger partial charge in [-0.3, -0.25) is 0 Å². The maximum atomic E-state index is 6.02. The molecule has 7 nitrogen and oxygen atoms in total. The van der Waals surface area contributed by atoms with Gasteiger partial charge in [-0.15, -0.1) is 0 Å². The molecule has 7 heteroatoms. The Bertz CT molecular complexity index is 1270. The molecule has 2 aliphatic rings. The maximum Gasteiger partial charge on any atom is 0.119 e. The van der Waals surface area contributed by atoms with Crippen molar-refractivity contribution in [2.45, 2.75) is 25.4 Å². The first-order valence-electron chi connectivity index (χ1n) is 14.0. The van der Waals surface area contributed by atoms with E-state index in [9.17, 15) is 0 Å². The summed E-state index contributed by atoms with van der Waals surface area (Å²) in [7, 11) is 4.13. The van der Waals surface area contributed by atoms with Gasteiger partial charge in [-0.1, -0.05) is 24.3 Å². The smallest absolute Gasteiger partial charge is 0.119 e. The van der Waals surface area contributed by atoms with E-state index in [4.69, 9.17) is 23.7 Å². The Hall–Kier alpha value is -4.04. The van der Waals surface area contributed by atoms with Crippen molar-refractivity contribution in [1.29, 1.82) is 0 Å². The van der Waals surface area contributed by atoms with Gasteiger partial charge in [-0.25, -0.2) is 0 Å². The van der Waals surface area contributed by atoms with Crippen LogP contribution in [0, 0.1) is 0 Å². The van der Waals surface area contributed by atoms with Gasteiger partial charge in [0.2, 0.25) is 0 Å². The highest BCUT2D eigenvalue weighted by atomic mass is 16.6. The van der Waals surface area contributed by atoms with Gasteiger partial charge in [0.05, 0.1) is 26.4 Å². The molecule has 2 unspecified atom stereocenters. The molecule has 41 heavy (non-hydrogen) atoms. The molecule has 0 spiro atoms. The van der Waals surface area contributed by atoms with Gasteiger partial charge in [-0.05, 0) is 83.9 Å². The van der Waals surface area contributed by atoms with Crippen molar-refractivity contribution in [2.75, 3.05) is 50.3 Å². The van der Waals surface area contributed by atoms with Crippen LogP contribution < -0.4 is 19.3 Å². The molecule has 2 saturated heterocycles. The van der Waals surface area contributed by atoms with Crippen molar-refractivity contribution in [3.05, 3.63) is 108 Å². The monoisotopic (exact) mass is 552 g/mol.